The molecular formula is C13H12Cl2N2O. The third-order valence-corrected chi connectivity index (χ3v) is 3.26. The summed E-state index contributed by atoms with van der Waals surface area (Å²) >= 11 is 11.9. The van der Waals surface area contributed by atoms with Crippen molar-refractivity contribution in [2.24, 2.45) is 0 Å². The highest BCUT2D eigenvalue weighted by molar-refractivity contribution is 6.35. The van der Waals surface area contributed by atoms with Crippen LogP contribution in [0.4, 0.5) is 0 Å². The Morgan fingerprint density at radius 1 is 1.39 bits per heavy atom. The first kappa shape index (κ1) is 13.1. The van der Waals surface area contributed by atoms with Gasteiger partial charge in [-0.1, -0.05) is 29.3 Å². The van der Waals surface area contributed by atoms with Gasteiger partial charge in [0.2, 0.25) is 5.78 Å². The molecule has 94 valence electrons. The van der Waals surface area contributed by atoms with Gasteiger partial charge in [-0.2, -0.15) is 0 Å². The summed E-state index contributed by atoms with van der Waals surface area (Å²) in [6, 6.07) is 5.13. The summed E-state index contributed by atoms with van der Waals surface area (Å²) in [5.41, 5.74) is 0.761. The maximum Gasteiger partial charge on any atom is 0.202 e. The van der Waals surface area contributed by atoms with Crippen molar-refractivity contribution < 1.29 is 4.79 Å². The van der Waals surface area contributed by atoms with E-state index in [1.54, 1.807) is 30.6 Å². The number of carbonyl (C=O) groups is 1. The van der Waals surface area contributed by atoms with Gasteiger partial charge in [0.05, 0.1) is 0 Å². The number of rotatable bonds is 4. The molecule has 0 aliphatic heterocycles. The first-order valence-electron chi connectivity index (χ1n) is 5.60. The van der Waals surface area contributed by atoms with Gasteiger partial charge in [-0.15, -0.1) is 0 Å². The number of carbonyl (C=O) groups excluding carboxylic acids is 1. The Kier molecular flexibility index (Phi) is 4.04. The van der Waals surface area contributed by atoms with Crippen molar-refractivity contribution >= 4 is 29.0 Å². The van der Waals surface area contributed by atoms with E-state index in [2.05, 4.69) is 4.98 Å². The molecule has 0 fully saturated rings. The molecule has 0 saturated heterocycles. The zero-order chi connectivity index (χ0) is 13.1. The third-order valence-electron chi connectivity index (χ3n) is 2.67. The Bertz CT molecular complexity index is 578. The summed E-state index contributed by atoms with van der Waals surface area (Å²) in [5, 5.41) is 1.07. The van der Waals surface area contributed by atoms with Gasteiger partial charge in [-0.3, -0.25) is 4.79 Å². The number of aryl methyl sites for hydroxylation is 1. The molecule has 0 spiro atoms. The highest BCUT2D eigenvalue weighted by atomic mass is 35.5. The lowest BCUT2D eigenvalue weighted by atomic mass is 10.1. The number of aromatic nitrogens is 2. The number of hydrogen-bond donors (Lipinski definition) is 0. The van der Waals surface area contributed by atoms with Crippen LogP contribution >= 0.6 is 23.2 Å². The fourth-order valence-corrected chi connectivity index (χ4v) is 2.21. The summed E-state index contributed by atoms with van der Waals surface area (Å²) in [5.74, 6) is 0.412. The van der Waals surface area contributed by atoms with Crippen LogP contribution in [0.15, 0.2) is 30.6 Å². The molecule has 0 atom stereocenters. The van der Waals surface area contributed by atoms with Crippen LogP contribution in [0.25, 0.3) is 0 Å². The molecule has 18 heavy (non-hydrogen) atoms. The van der Waals surface area contributed by atoms with Crippen LogP contribution in [0.5, 0.6) is 0 Å². The lowest BCUT2D eigenvalue weighted by molar-refractivity contribution is 0.0979. The van der Waals surface area contributed by atoms with Gasteiger partial charge in [0.1, 0.15) is 0 Å². The molecule has 0 saturated carbocycles. The smallest absolute Gasteiger partial charge is 0.202 e. The average Bonchev–Trinajstić information content (AvgIpc) is 2.81. The van der Waals surface area contributed by atoms with Crippen LogP contribution in [-0.4, -0.2) is 15.3 Å². The van der Waals surface area contributed by atoms with Gasteiger partial charge in [-0.05, 0) is 24.6 Å². The number of halogens is 2. The monoisotopic (exact) mass is 282 g/mol. The molecule has 0 amide bonds. The van der Waals surface area contributed by atoms with Crippen LogP contribution < -0.4 is 0 Å². The number of imidazole rings is 1. The first-order valence-corrected chi connectivity index (χ1v) is 6.35. The molecule has 0 aliphatic carbocycles. The zero-order valence-electron chi connectivity index (χ0n) is 9.86. The zero-order valence-corrected chi connectivity index (χ0v) is 11.4. The number of Topliss-reactive ketones (excluding diaryl/α,β-unsaturated/α-hetero) is 1. The molecular weight excluding hydrogens is 271 g/mol. The van der Waals surface area contributed by atoms with Gasteiger partial charge in [0, 0.05) is 35.4 Å². The van der Waals surface area contributed by atoms with Crippen molar-refractivity contribution in [3.05, 3.63) is 52.0 Å². The van der Waals surface area contributed by atoms with Crippen molar-refractivity contribution in [3.8, 4) is 0 Å². The molecule has 0 N–H and O–H groups in total. The number of benzene rings is 1. The summed E-state index contributed by atoms with van der Waals surface area (Å²) in [6.07, 6.45) is 3.64. The second-order valence-electron chi connectivity index (χ2n) is 3.87. The quantitative estimate of drug-likeness (QED) is 0.803. The van der Waals surface area contributed by atoms with Crippen molar-refractivity contribution in [2.45, 2.75) is 19.9 Å². The highest BCUT2D eigenvalue weighted by Crippen LogP contribution is 2.22. The average molecular weight is 283 g/mol. The van der Waals surface area contributed by atoms with E-state index in [1.165, 1.54) is 0 Å². The SMILES string of the molecule is CCn1ccnc1C(=O)Cc1ccc(Cl)cc1Cl. The van der Waals surface area contributed by atoms with E-state index in [0.717, 1.165) is 12.1 Å². The van der Waals surface area contributed by atoms with E-state index in [0.29, 0.717) is 15.9 Å². The Hall–Kier alpha value is -1.32. The summed E-state index contributed by atoms with van der Waals surface area (Å²) < 4.78 is 1.81. The van der Waals surface area contributed by atoms with E-state index in [-0.39, 0.29) is 12.2 Å². The van der Waals surface area contributed by atoms with Gasteiger partial charge in [0.15, 0.2) is 5.82 Å². The maximum absolute atomic E-state index is 12.1. The van der Waals surface area contributed by atoms with Crippen LogP contribution in [0.1, 0.15) is 23.1 Å². The van der Waals surface area contributed by atoms with Gasteiger partial charge in [0.25, 0.3) is 0 Å². The molecule has 2 aromatic rings. The van der Waals surface area contributed by atoms with Crippen molar-refractivity contribution in [3.63, 3.8) is 0 Å². The van der Waals surface area contributed by atoms with E-state index >= 15 is 0 Å². The topological polar surface area (TPSA) is 34.9 Å². The van der Waals surface area contributed by atoms with Gasteiger partial charge in [-0.25, -0.2) is 4.98 Å². The predicted molar refractivity (Wildman–Crippen MR) is 72.4 cm³/mol. The summed E-state index contributed by atoms with van der Waals surface area (Å²) in [4.78, 5) is 16.2. The Balaban J connectivity index is 2.21. The highest BCUT2D eigenvalue weighted by Gasteiger charge is 2.14. The van der Waals surface area contributed by atoms with Crippen molar-refractivity contribution in [1.29, 1.82) is 0 Å². The van der Waals surface area contributed by atoms with E-state index in [1.807, 2.05) is 11.5 Å². The minimum Gasteiger partial charge on any atom is -0.329 e. The minimum absolute atomic E-state index is 0.0499. The molecule has 3 nitrogen and oxygen atoms in total. The molecule has 0 unspecified atom stereocenters. The summed E-state index contributed by atoms with van der Waals surface area (Å²) in [7, 11) is 0. The molecule has 1 aromatic carbocycles. The van der Waals surface area contributed by atoms with Crippen LogP contribution in [0.3, 0.4) is 0 Å². The molecule has 1 aromatic heterocycles. The first-order chi connectivity index (χ1) is 8.61. The minimum atomic E-state index is -0.0499. The Labute approximate surface area is 115 Å². The predicted octanol–water partition coefficient (Wildman–Crippen LogP) is 3.64. The molecule has 0 bridgehead atoms. The van der Waals surface area contributed by atoms with Crippen molar-refractivity contribution in [1.82, 2.24) is 9.55 Å². The van der Waals surface area contributed by atoms with Gasteiger partial charge < -0.3 is 4.57 Å². The second-order valence-corrected chi connectivity index (χ2v) is 4.72. The maximum atomic E-state index is 12.1. The molecule has 1 heterocycles. The molecule has 0 aliphatic rings. The summed E-state index contributed by atoms with van der Waals surface area (Å²) in [6.45, 7) is 2.68. The number of nitrogens with zero attached hydrogens (tertiary/aromatic N) is 2. The number of ketones is 1. The number of hydrogen-bond acceptors (Lipinski definition) is 2. The van der Waals surface area contributed by atoms with Crippen LogP contribution in [-0.2, 0) is 13.0 Å². The van der Waals surface area contributed by atoms with Crippen molar-refractivity contribution in [2.75, 3.05) is 0 Å². The Morgan fingerprint density at radius 2 is 2.17 bits per heavy atom. The van der Waals surface area contributed by atoms with E-state index in [9.17, 15) is 4.79 Å². The molecule has 2 rings (SSSR count). The largest absolute Gasteiger partial charge is 0.329 e. The van der Waals surface area contributed by atoms with Crippen LogP contribution in [0, 0.1) is 0 Å². The Morgan fingerprint density at radius 3 is 2.83 bits per heavy atom. The molecule has 0 radical (unpaired) electrons. The second kappa shape index (κ2) is 5.55. The van der Waals surface area contributed by atoms with Crippen LogP contribution in [0.2, 0.25) is 10.0 Å². The van der Waals surface area contributed by atoms with Gasteiger partial charge >= 0.3 is 0 Å². The normalized spacial score (nSPS) is 10.6. The standard InChI is InChI=1S/C13H12Cl2N2O/c1-2-17-6-5-16-13(17)12(18)7-9-3-4-10(14)8-11(9)15/h3-6,8H,2,7H2,1H3. The fourth-order valence-electron chi connectivity index (χ4n) is 1.73. The van der Waals surface area contributed by atoms with E-state index < -0.39 is 0 Å². The third kappa shape index (κ3) is 2.74. The lowest BCUT2D eigenvalue weighted by Gasteiger charge is -2.05. The van der Waals surface area contributed by atoms with E-state index in [4.69, 9.17) is 23.2 Å². The lowest BCUT2D eigenvalue weighted by Crippen LogP contribution is -2.12. The fraction of sp³-hybridized carbons (Fsp3) is 0.231. The molecule has 5 heteroatoms.